The first kappa shape index (κ1) is 12.9. The van der Waals surface area contributed by atoms with E-state index in [0.29, 0.717) is 24.2 Å². The molecule has 1 aromatic carbocycles. The normalized spacial score (nSPS) is 12.1. The van der Waals surface area contributed by atoms with E-state index < -0.39 is 11.1 Å². The van der Waals surface area contributed by atoms with Crippen LogP contribution in [0.25, 0.3) is 0 Å². The fraction of sp³-hybridized carbons (Fsp3) is 0.364. The smallest absolute Gasteiger partial charge is 0.311 e. The molecule has 4 nitrogen and oxygen atoms in total. The molecule has 0 heterocycles. The van der Waals surface area contributed by atoms with Crippen molar-refractivity contribution in [3.8, 4) is 5.75 Å². The van der Waals surface area contributed by atoms with Crippen molar-refractivity contribution in [1.29, 1.82) is 0 Å². The number of carbonyl (C=O) groups excluding carboxylic acids is 1. The Kier molecular flexibility index (Phi) is 5.14. The minimum absolute atomic E-state index is 0.143. The molecule has 0 spiro atoms. The van der Waals surface area contributed by atoms with Crippen LogP contribution in [0, 0.1) is 0 Å². The molecule has 0 aliphatic rings. The van der Waals surface area contributed by atoms with Gasteiger partial charge in [-0.15, -0.1) is 0 Å². The highest BCUT2D eigenvalue weighted by atomic mass is 32.2. The van der Waals surface area contributed by atoms with Gasteiger partial charge in [-0.2, -0.15) is 0 Å². The van der Waals surface area contributed by atoms with Gasteiger partial charge in [0.05, 0.1) is 0 Å². The minimum atomic E-state index is -2.19. The predicted molar refractivity (Wildman–Crippen MR) is 59.6 cm³/mol. The first-order chi connectivity index (χ1) is 7.63. The summed E-state index contributed by atoms with van der Waals surface area (Å²) in [7, 11) is 0. The number of ether oxygens (including phenoxy) is 1. The molecule has 1 unspecified atom stereocenters. The van der Waals surface area contributed by atoms with Crippen molar-refractivity contribution >= 4 is 17.0 Å². The molecule has 1 rings (SSSR count). The lowest BCUT2D eigenvalue weighted by atomic mass is 10.2. The van der Waals surface area contributed by atoms with Crippen molar-refractivity contribution in [2.24, 2.45) is 0 Å². The zero-order chi connectivity index (χ0) is 12.0. The summed E-state index contributed by atoms with van der Waals surface area (Å²) >= 11 is -2.19. The molecule has 16 heavy (non-hydrogen) atoms. The van der Waals surface area contributed by atoms with E-state index in [0.717, 1.165) is 0 Å². The second-order valence-corrected chi connectivity index (χ2v) is 4.18. The Hall–Kier alpha value is -1.20. The molecule has 0 aliphatic heterocycles. The molecule has 5 heteroatoms. The van der Waals surface area contributed by atoms with Gasteiger partial charge in [-0.25, -0.2) is 0 Å². The molecule has 0 aromatic heterocycles. The lowest BCUT2D eigenvalue weighted by molar-refractivity contribution is -0.134. The summed E-state index contributed by atoms with van der Waals surface area (Å²) in [6.45, 7) is 1.87. The Labute approximate surface area is 96.9 Å². The van der Waals surface area contributed by atoms with E-state index in [2.05, 4.69) is 0 Å². The van der Waals surface area contributed by atoms with E-state index in [9.17, 15) is 13.6 Å². The molecular weight excluding hydrogens is 228 g/mol. The van der Waals surface area contributed by atoms with Gasteiger partial charge in [-0.3, -0.25) is 9.00 Å². The first-order valence-electron chi connectivity index (χ1n) is 4.98. The molecule has 0 saturated heterocycles. The van der Waals surface area contributed by atoms with E-state index in [-0.39, 0.29) is 11.7 Å². The van der Waals surface area contributed by atoms with Crippen molar-refractivity contribution in [3.05, 3.63) is 29.8 Å². The van der Waals surface area contributed by atoms with Crippen LogP contribution >= 0.6 is 0 Å². The van der Waals surface area contributed by atoms with E-state index in [1.165, 1.54) is 0 Å². The second kappa shape index (κ2) is 6.40. The molecule has 1 aromatic rings. The number of hydrogen-bond acceptors (Lipinski definition) is 4. The Morgan fingerprint density at radius 1 is 1.44 bits per heavy atom. The van der Waals surface area contributed by atoms with Crippen LogP contribution in [0.1, 0.15) is 25.3 Å². The number of benzene rings is 1. The molecule has 0 bridgehead atoms. The highest BCUT2D eigenvalue weighted by Crippen LogP contribution is 2.19. The summed E-state index contributed by atoms with van der Waals surface area (Å²) in [4.78, 5) is 11.3. The number of carbonyl (C=O) groups is 1. The van der Waals surface area contributed by atoms with Gasteiger partial charge in [0.1, 0.15) is 5.75 Å². The summed E-state index contributed by atoms with van der Waals surface area (Å²) in [6.07, 6.45) is 1.03. The van der Waals surface area contributed by atoms with E-state index >= 15 is 0 Å². The van der Waals surface area contributed by atoms with Gasteiger partial charge in [0, 0.05) is 17.7 Å². The van der Waals surface area contributed by atoms with E-state index in [1.54, 1.807) is 24.3 Å². The van der Waals surface area contributed by atoms with Gasteiger partial charge in [0.25, 0.3) is 0 Å². The molecule has 0 radical (unpaired) electrons. The molecule has 0 saturated carbocycles. The average Bonchev–Trinajstić information content (AvgIpc) is 2.20. The van der Waals surface area contributed by atoms with E-state index in [1.807, 2.05) is 6.92 Å². The van der Waals surface area contributed by atoms with Crippen LogP contribution in [0.15, 0.2) is 24.3 Å². The molecule has 0 N–H and O–H groups in total. The Morgan fingerprint density at radius 2 is 2.12 bits per heavy atom. The van der Waals surface area contributed by atoms with Gasteiger partial charge < -0.3 is 9.29 Å². The molecule has 0 amide bonds. The second-order valence-electron chi connectivity index (χ2n) is 3.28. The third kappa shape index (κ3) is 4.12. The summed E-state index contributed by atoms with van der Waals surface area (Å²) in [5.41, 5.74) is 0.500. The van der Waals surface area contributed by atoms with Crippen LogP contribution in [0.5, 0.6) is 5.75 Å². The van der Waals surface area contributed by atoms with Crippen LogP contribution in [0.2, 0.25) is 0 Å². The van der Waals surface area contributed by atoms with Crippen molar-refractivity contribution in [3.63, 3.8) is 0 Å². The monoisotopic (exact) mass is 241 g/mol. The summed E-state index contributed by atoms with van der Waals surface area (Å²) in [5.74, 6) is -0.160. The number of rotatable bonds is 5. The van der Waals surface area contributed by atoms with Crippen molar-refractivity contribution < 1.29 is 18.3 Å². The zero-order valence-corrected chi connectivity index (χ0v) is 9.79. The average molecular weight is 241 g/mol. The maximum atomic E-state index is 11.3. The summed E-state index contributed by atoms with van der Waals surface area (Å²) in [5, 5.41) is 0. The zero-order valence-electron chi connectivity index (χ0n) is 8.97. The molecule has 88 valence electrons. The Bertz CT molecular complexity index is 389. The van der Waals surface area contributed by atoms with Crippen molar-refractivity contribution in [2.45, 2.75) is 25.5 Å². The predicted octanol–water partition coefficient (Wildman–Crippen LogP) is 1.77. The van der Waals surface area contributed by atoms with Crippen LogP contribution in [-0.2, 0) is 21.6 Å². The van der Waals surface area contributed by atoms with Crippen LogP contribution in [-0.4, -0.2) is 14.7 Å². The fourth-order valence-electron chi connectivity index (χ4n) is 1.23. The highest BCUT2D eigenvalue weighted by molar-refractivity contribution is 7.78. The maximum absolute atomic E-state index is 11.3. The van der Waals surface area contributed by atoms with Crippen LogP contribution < -0.4 is 4.74 Å². The molecule has 0 fully saturated rings. The number of para-hydroxylation sites is 1. The Morgan fingerprint density at radius 3 is 2.75 bits per heavy atom. The van der Waals surface area contributed by atoms with Crippen LogP contribution in [0.3, 0.4) is 0 Å². The standard InChI is InChI=1S/C11H14O4S/c1-2-5-11(12)15-10-7-4-3-6-9(10)8-16(13)14/h3-4,6-7H,2,5,8H2,1H3,(H,13,14)/p-1. The fourth-order valence-corrected chi connectivity index (χ4v) is 1.72. The van der Waals surface area contributed by atoms with Gasteiger partial charge in [0.2, 0.25) is 0 Å². The maximum Gasteiger partial charge on any atom is 0.311 e. The third-order valence-electron chi connectivity index (χ3n) is 1.92. The quantitative estimate of drug-likeness (QED) is 0.447. The number of esters is 1. The first-order valence-corrected chi connectivity index (χ1v) is 6.22. The number of hydrogen-bond donors (Lipinski definition) is 0. The van der Waals surface area contributed by atoms with Gasteiger partial charge in [-0.1, -0.05) is 36.2 Å². The van der Waals surface area contributed by atoms with Gasteiger partial charge >= 0.3 is 5.97 Å². The molecule has 0 aliphatic carbocycles. The Balaban J connectivity index is 2.78. The van der Waals surface area contributed by atoms with E-state index in [4.69, 9.17) is 4.74 Å². The summed E-state index contributed by atoms with van der Waals surface area (Å²) < 4.78 is 26.3. The molecule has 1 atom stereocenters. The lowest BCUT2D eigenvalue weighted by Crippen LogP contribution is -2.09. The highest BCUT2D eigenvalue weighted by Gasteiger charge is 2.07. The molecular formula is C11H13O4S-. The summed E-state index contributed by atoms with van der Waals surface area (Å²) in [6, 6.07) is 6.63. The lowest BCUT2D eigenvalue weighted by Gasteiger charge is -2.10. The van der Waals surface area contributed by atoms with Crippen LogP contribution in [0.4, 0.5) is 0 Å². The van der Waals surface area contributed by atoms with Gasteiger partial charge in [0.15, 0.2) is 0 Å². The largest absolute Gasteiger partial charge is 0.772 e. The SMILES string of the molecule is CCCC(=O)Oc1ccccc1CS(=O)[O-]. The third-order valence-corrected chi connectivity index (χ3v) is 2.47. The minimum Gasteiger partial charge on any atom is -0.772 e. The van der Waals surface area contributed by atoms with Gasteiger partial charge in [-0.05, 0) is 12.5 Å². The topological polar surface area (TPSA) is 66.4 Å². The van der Waals surface area contributed by atoms with Crippen molar-refractivity contribution in [1.82, 2.24) is 0 Å². The van der Waals surface area contributed by atoms with Crippen molar-refractivity contribution in [2.75, 3.05) is 0 Å².